The summed E-state index contributed by atoms with van der Waals surface area (Å²) in [5.41, 5.74) is 2.03. The van der Waals surface area contributed by atoms with Crippen LogP contribution in [0, 0.1) is 11.8 Å². The molecule has 2 aromatic carbocycles. The van der Waals surface area contributed by atoms with Crippen LogP contribution >= 0.6 is 0 Å². The fourth-order valence-corrected chi connectivity index (χ4v) is 5.97. The van der Waals surface area contributed by atoms with E-state index < -0.39 is 0 Å². The van der Waals surface area contributed by atoms with Gasteiger partial charge in [0.05, 0.1) is 27.1 Å². The summed E-state index contributed by atoms with van der Waals surface area (Å²) >= 11 is 0. The molecule has 6 nitrogen and oxygen atoms in total. The van der Waals surface area contributed by atoms with Crippen molar-refractivity contribution in [2.45, 2.75) is 82.7 Å². The maximum atomic E-state index is 12.5. The van der Waals surface area contributed by atoms with Crippen LogP contribution in [-0.4, -0.2) is 38.1 Å². The van der Waals surface area contributed by atoms with Crippen molar-refractivity contribution in [3.8, 4) is 11.5 Å². The van der Waals surface area contributed by atoms with E-state index in [-0.39, 0.29) is 11.8 Å². The number of amides is 2. The van der Waals surface area contributed by atoms with Crippen molar-refractivity contribution < 1.29 is 19.1 Å². The Morgan fingerprint density at radius 2 is 0.973 bits per heavy atom. The van der Waals surface area contributed by atoms with Crippen molar-refractivity contribution in [3.05, 3.63) is 59.7 Å². The molecule has 2 amide bonds. The second kappa shape index (κ2) is 13.5. The van der Waals surface area contributed by atoms with Crippen molar-refractivity contribution in [3.63, 3.8) is 0 Å². The van der Waals surface area contributed by atoms with Crippen LogP contribution in [0.25, 0.3) is 0 Å². The highest BCUT2D eigenvalue weighted by Crippen LogP contribution is 2.35. The van der Waals surface area contributed by atoms with Gasteiger partial charge in [0.15, 0.2) is 0 Å². The summed E-state index contributed by atoms with van der Waals surface area (Å²) in [6.07, 6.45) is 11.2. The van der Waals surface area contributed by atoms with Gasteiger partial charge in [-0.15, -0.1) is 0 Å². The predicted molar refractivity (Wildman–Crippen MR) is 146 cm³/mol. The fourth-order valence-electron chi connectivity index (χ4n) is 5.97. The van der Waals surface area contributed by atoms with E-state index in [9.17, 15) is 9.59 Å². The van der Waals surface area contributed by atoms with Crippen LogP contribution < -0.4 is 20.1 Å². The third-order valence-corrected chi connectivity index (χ3v) is 8.14. The van der Waals surface area contributed by atoms with Crippen molar-refractivity contribution in [2.75, 3.05) is 14.2 Å². The minimum absolute atomic E-state index is 0.112. The molecule has 0 aromatic heterocycles. The summed E-state index contributed by atoms with van der Waals surface area (Å²) in [6.45, 7) is 0. The lowest BCUT2D eigenvalue weighted by molar-refractivity contribution is -0.122. The van der Waals surface area contributed by atoms with Gasteiger partial charge in [-0.05, 0) is 105 Å². The van der Waals surface area contributed by atoms with Crippen molar-refractivity contribution in [2.24, 2.45) is 11.8 Å². The summed E-state index contributed by atoms with van der Waals surface area (Å²) < 4.78 is 10.4. The fraction of sp³-hybridized carbons (Fsp3) is 0.548. The highest BCUT2D eigenvalue weighted by molar-refractivity contribution is 5.79. The number of hydrogen-bond acceptors (Lipinski definition) is 4. The molecule has 2 saturated carbocycles. The molecule has 2 aliphatic carbocycles. The molecule has 200 valence electrons. The highest BCUT2D eigenvalue weighted by Gasteiger charge is 2.28. The number of benzene rings is 2. The summed E-state index contributed by atoms with van der Waals surface area (Å²) in [7, 11) is 3.30. The maximum absolute atomic E-state index is 12.5. The van der Waals surface area contributed by atoms with Crippen LogP contribution in [0.3, 0.4) is 0 Å². The number of methoxy groups -OCH3 is 2. The van der Waals surface area contributed by atoms with E-state index in [0.717, 1.165) is 60.1 Å². The number of hydrogen-bond donors (Lipinski definition) is 2. The molecule has 0 aliphatic heterocycles. The Kier molecular flexibility index (Phi) is 9.86. The quantitative estimate of drug-likeness (QED) is 0.463. The van der Waals surface area contributed by atoms with Crippen molar-refractivity contribution in [1.82, 2.24) is 10.6 Å². The van der Waals surface area contributed by atoms with Crippen molar-refractivity contribution >= 4 is 11.8 Å². The van der Waals surface area contributed by atoms with Gasteiger partial charge in [0, 0.05) is 12.1 Å². The van der Waals surface area contributed by atoms with Gasteiger partial charge in [-0.2, -0.15) is 0 Å². The summed E-state index contributed by atoms with van der Waals surface area (Å²) in [6, 6.07) is 16.0. The van der Waals surface area contributed by atoms with Gasteiger partial charge in [0.1, 0.15) is 11.5 Å². The first-order valence-electron chi connectivity index (χ1n) is 13.8. The summed E-state index contributed by atoms with van der Waals surface area (Å²) in [4.78, 5) is 25.0. The largest absolute Gasteiger partial charge is 0.497 e. The molecular formula is C31H42N2O4. The molecule has 2 N–H and O–H groups in total. The van der Waals surface area contributed by atoms with Crippen LogP contribution in [0.4, 0.5) is 0 Å². The number of ether oxygens (including phenoxy) is 2. The molecule has 2 fully saturated rings. The maximum Gasteiger partial charge on any atom is 0.224 e. The van der Waals surface area contributed by atoms with Gasteiger partial charge in [-0.3, -0.25) is 9.59 Å². The van der Waals surface area contributed by atoms with Crippen LogP contribution in [0.2, 0.25) is 0 Å². The normalized spacial score (nSPS) is 23.6. The Balaban J connectivity index is 1.09. The second-order valence-corrected chi connectivity index (χ2v) is 10.9. The van der Waals surface area contributed by atoms with E-state index in [1.165, 1.54) is 32.1 Å². The topological polar surface area (TPSA) is 76.7 Å². The third-order valence-electron chi connectivity index (χ3n) is 8.14. The molecule has 2 aromatic rings. The number of carbonyl (C=O) groups excluding carboxylic acids is 2. The zero-order valence-electron chi connectivity index (χ0n) is 22.3. The Morgan fingerprint density at radius 3 is 1.30 bits per heavy atom. The minimum atomic E-state index is 0.112. The predicted octanol–water partition coefficient (Wildman–Crippen LogP) is 5.23. The van der Waals surface area contributed by atoms with E-state index in [0.29, 0.717) is 24.9 Å². The molecule has 0 heterocycles. The second-order valence-electron chi connectivity index (χ2n) is 10.9. The first-order valence-corrected chi connectivity index (χ1v) is 13.8. The summed E-state index contributed by atoms with van der Waals surface area (Å²) in [5, 5.41) is 6.50. The molecule has 0 spiro atoms. The van der Waals surface area contributed by atoms with Crippen LogP contribution in [0.5, 0.6) is 11.5 Å². The molecule has 0 saturated heterocycles. The number of rotatable bonds is 10. The Labute approximate surface area is 221 Å². The monoisotopic (exact) mass is 506 g/mol. The highest BCUT2D eigenvalue weighted by atomic mass is 16.5. The molecule has 6 heteroatoms. The standard InChI is InChI=1S/C31H42N2O4/c1-36-28-15-7-24(8-16-28)20-30(34)32-26-11-3-22(4-12-26)19-23-5-13-27(14-6-23)33-31(35)21-25-9-17-29(37-2)18-10-25/h7-10,15-18,22-23,26-27H,3-6,11-14,19-21H2,1-2H3,(H,32,34)(H,33,35). The zero-order chi connectivity index (χ0) is 26.0. The van der Waals surface area contributed by atoms with Gasteiger partial charge in [-0.1, -0.05) is 24.3 Å². The lowest BCUT2D eigenvalue weighted by Gasteiger charge is -2.34. The molecule has 2 aliphatic rings. The Morgan fingerprint density at radius 1 is 0.622 bits per heavy atom. The van der Waals surface area contributed by atoms with E-state index in [4.69, 9.17) is 9.47 Å². The van der Waals surface area contributed by atoms with Gasteiger partial charge in [-0.25, -0.2) is 0 Å². The van der Waals surface area contributed by atoms with Crippen LogP contribution in [0.1, 0.15) is 68.9 Å². The van der Waals surface area contributed by atoms with E-state index >= 15 is 0 Å². The smallest absolute Gasteiger partial charge is 0.224 e. The van der Waals surface area contributed by atoms with E-state index in [1.54, 1.807) is 14.2 Å². The summed E-state index contributed by atoms with van der Waals surface area (Å²) in [5.74, 6) is 3.37. The van der Waals surface area contributed by atoms with Crippen LogP contribution in [0.15, 0.2) is 48.5 Å². The molecule has 37 heavy (non-hydrogen) atoms. The van der Waals surface area contributed by atoms with E-state index in [1.807, 2.05) is 48.5 Å². The van der Waals surface area contributed by atoms with Crippen LogP contribution in [-0.2, 0) is 22.4 Å². The van der Waals surface area contributed by atoms with Crippen molar-refractivity contribution in [1.29, 1.82) is 0 Å². The Bertz CT molecular complexity index is 907. The van der Waals surface area contributed by atoms with Gasteiger partial charge < -0.3 is 20.1 Å². The molecule has 4 rings (SSSR count). The average molecular weight is 507 g/mol. The molecule has 0 unspecified atom stereocenters. The zero-order valence-corrected chi connectivity index (χ0v) is 22.3. The molecule has 0 atom stereocenters. The first-order chi connectivity index (χ1) is 18.0. The van der Waals surface area contributed by atoms with Gasteiger partial charge >= 0.3 is 0 Å². The Hall–Kier alpha value is -3.02. The molecule has 0 radical (unpaired) electrons. The first kappa shape index (κ1) is 27.0. The number of nitrogens with one attached hydrogen (secondary N) is 2. The molecule has 0 bridgehead atoms. The third kappa shape index (κ3) is 8.51. The lowest BCUT2D eigenvalue weighted by atomic mass is 9.75. The number of carbonyl (C=O) groups is 2. The lowest BCUT2D eigenvalue weighted by Crippen LogP contribution is -2.39. The minimum Gasteiger partial charge on any atom is -0.497 e. The average Bonchev–Trinajstić information content (AvgIpc) is 2.92. The molecular weight excluding hydrogens is 464 g/mol. The van der Waals surface area contributed by atoms with E-state index in [2.05, 4.69) is 10.6 Å². The van der Waals surface area contributed by atoms with Gasteiger partial charge in [0.25, 0.3) is 0 Å². The van der Waals surface area contributed by atoms with Gasteiger partial charge in [0.2, 0.25) is 11.8 Å². The SMILES string of the molecule is COc1ccc(CC(=O)NC2CCC(CC3CCC(NC(=O)Cc4ccc(OC)cc4)CC3)CC2)cc1.